The molecule has 0 aliphatic heterocycles. The number of hydrogen-bond donors (Lipinski definition) is 0. The molecule has 0 atom stereocenters. The zero-order chi connectivity index (χ0) is 17.1. The minimum absolute atomic E-state index is 0.0301. The van der Waals surface area contributed by atoms with Gasteiger partial charge in [0.25, 0.3) is 0 Å². The standard InChI is InChI=1S/C17H14F2N2O2S/c1-23-12-8-6-11(7-9-12)15(22)10-24-17-20-13-4-2-3-5-14(13)21(17)16(18)19/h2-9,16H,10H2,1H3. The van der Waals surface area contributed by atoms with E-state index in [1.165, 1.54) is 0 Å². The van der Waals surface area contributed by atoms with Crippen molar-refractivity contribution in [3.05, 3.63) is 54.1 Å². The minimum Gasteiger partial charge on any atom is -0.497 e. The Bertz CT molecular complexity index is 863. The topological polar surface area (TPSA) is 44.1 Å². The summed E-state index contributed by atoms with van der Waals surface area (Å²) in [5, 5.41) is 0.132. The fourth-order valence-electron chi connectivity index (χ4n) is 2.30. The van der Waals surface area contributed by atoms with Crippen LogP contribution in [0.4, 0.5) is 8.78 Å². The summed E-state index contributed by atoms with van der Waals surface area (Å²) in [4.78, 5) is 16.4. The van der Waals surface area contributed by atoms with E-state index in [4.69, 9.17) is 4.74 Å². The molecule has 0 radical (unpaired) electrons. The Morgan fingerprint density at radius 2 is 1.92 bits per heavy atom. The molecule has 3 rings (SSSR count). The van der Waals surface area contributed by atoms with Gasteiger partial charge >= 0.3 is 6.55 Å². The number of nitrogens with zero attached hydrogens (tertiary/aromatic N) is 2. The summed E-state index contributed by atoms with van der Waals surface area (Å²) in [5.41, 5.74) is 1.34. The van der Waals surface area contributed by atoms with E-state index in [-0.39, 0.29) is 16.7 Å². The predicted molar refractivity (Wildman–Crippen MR) is 89.0 cm³/mol. The maximum atomic E-state index is 13.3. The number of para-hydroxylation sites is 2. The Morgan fingerprint density at radius 1 is 1.21 bits per heavy atom. The number of ether oxygens (including phenoxy) is 1. The number of fused-ring (bicyclic) bond motifs is 1. The number of imidazole rings is 1. The lowest BCUT2D eigenvalue weighted by Gasteiger charge is -2.07. The van der Waals surface area contributed by atoms with Gasteiger partial charge in [-0.2, -0.15) is 8.78 Å². The molecule has 0 saturated carbocycles. The fourth-order valence-corrected chi connectivity index (χ4v) is 3.21. The number of hydrogen-bond acceptors (Lipinski definition) is 4. The van der Waals surface area contributed by atoms with E-state index in [0.29, 0.717) is 22.3 Å². The number of rotatable bonds is 6. The molecule has 0 saturated heterocycles. The van der Waals surface area contributed by atoms with Crippen LogP contribution in [0.25, 0.3) is 11.0 Å². The van der Waals surface area contributed by atoms with E-state index < -0.39 is 6.55 Å². The Labute approximate surface area is 141 Å². The van der Waals surface area contributed by atoms with Crippen molar-refractivity contribution < 1.29 is 18.3 Å². The summed E-state index contributed by atoms with van der Waals surface area (Å²) >= 11 is 1.01. The van der Waals surface area contributed by atoms with Gasteiger partial charge < -0.3 is 4.74 Å². The normalized spacial score (nSPS) is 11.2. The number of methoxy groups -OCH3 is 1. The van der Waals surface area contributed by atoms with Crippen LogP contribution >= 0.6 is 11.8 Å². The number of carbonyl (C=O) groups excluding carboxylic acids is 1. The Kier molecular flexibility index (Phi) is 4.80. The molecular formula is C17H14F2N2O2S. The van der Waals surface area contributed by atoms with Gasteiger partial charge in [-0.05, 0) is 36.4 Å². The monoisotopic (exact) mass is 348 g/mol. The van der Waals surface area contributed by atoms with Gasteiger partial charge in [0, 0.05) is 5.56 Å². The third-order valence-corrected chi connectivity index (χ3v) is 4.46. The summed E-state index contributed by atoms with van der Waals surface area (Å²) in [6.45, 7) is -2.71. The van der Waals surface area contributed by atoms with Crippen LogP contribution in [-0.2, 0) is 0 Å². The summed E-state index contributed by atoms with van der Waals surface area (Å²) in [6, 6.07) is 13.4. The lowest BCUT2D eigenvalue weighted by atomic mass is 10.1. The largest absolute Gasteiger partial charge is 0.497 e. The zero-order valence-electron chi connectivity index (χ0n) is 12.8. The van der Waals surface area contributed by atoms with Gasteiger partial charge in [-0.15, -0.1) is 0 Å². The fraction of sp³-hybridized carbons (Fsp3) is 0.176. The first-order valence-electron chi connectivity index (χ1n) is 7.15. The summed E-state index contributed by atoms with van der Waals surface area (Å²) in [6.07, 6.45) is 0. The lowest BCUT2D eigenvalue weighted by Crippen LogP contribution is -2.05. The van der Waals surface area contributed by atoms with Crippen LogP contribution in [0.5, 0.6) is 5.75 Å². The van der Waals surface area contributed by atoms with E-state index in [1.54, 1.807) is 55.6 Å². The first-order valence-corrected chi connectivity index (χ1v) is 8.14. The highest BCUT2D eigenvalue weighted by atomic mass is 32.2. The molecule has 124 valence electrons. The number of alkyl halides is 2. The van der Waals surface area contributed by atoms with Crippen molar-refractivity contribution in [2.45, 2.75) is 11.7 Å². The van der Waals surface area contributed by atoms with Crippen LogP contribution in [0.2, 0.25) is 0 Å². The van der Waals surface area contributed by atoms with Crippen LogP contribution in [0.3, 0.4) is 0 Å². The zero-order valence-corrected chi connectivity index (χ0v) is 13.6. The van der Waals surface area contributed by atoms with E-state index in [1.807, 2.05) is 0 Å². The molecule has 0 unspecified atom stereocenters. The van der Waals surface area contributed by atoms with Crippen molar-refractivity contribution in [3.8, 4) is 5.75 Å². The average molecular weight is 348 g/mol. The highest BCUT2D eigenvalue weighted by Gasteiger charge is 2.19. The van der Waals surface area contributed by atoms with Crippen molar-refractivity contribution in [2.75, 3.05) is 12.9 Å². The highest BCUT2D eigenvalue weighted by Crippen LogP contribution is 2.29. The SMILES string of the molecule is COc1ccc(C(=O)CSc2nc3ccccc3n2C(F)F)cc1. The highest BCUT2D eigenvalue weighted by molar-refractivity contribution is 7.99. The van der Waals surface area contributed by atoms with Gasteiger partial charge in [0.1, 0.15) is 5.75 Å². The number of benzene rings is 2. The van der Waals surface area contributed by atoms with Crippen LogP contribution in [0, 0.1) is 0 Å². The molecule has 3 aromatic rings. The number of halogens is 2. The minimum atomic E-state index is -2.71. The second kappa shape index (κ2) is 7.00. The molecule has 0 amide bonds. The molecule has 0 spiro atoms. The summed E-state index contributed by atoms with van der Waals surface area (Å²) in [5.74, 6) is 0.525. The summed E-state index contributed by atoms with van der Waals surface area (Å²) < 4.78 is 32.6. The van der Waals surface area contributed by atoms with Gasteiger partial charge in [0.2, 0.25) is 0 Å². The smallest absolute Gasteiger partial charge is 0.321 e. The molecule has 0 aliphatic rings. The molecule has 0 bridgehead atoms. The maximum absolute atomic E-state index is 13.3. The number of aromatic nitrogens is 2. The molecule has 2 aromatic carbocycles. The Hall–Kier alpha value is -2.41. The predicted octanol–water partition coefficient (Wildman–Crippen LogP) is 4.42. The molecule has 1 heterocycles. The van der Waals surface area contributed by atoms with E-state index in [0.717, 1.165) is 16.3 Å². The molecule has 0 fully saturated rings. The van der Waals surface area contributed by atoms with Crippen LogP contribution in [0.15, 0.2) is 53.7 Å². The first-order chi connectivity index (χ1) is 11.6. The van der Waals surface area contributed by atoms with Gasteiger partial charge in [-0.3, -0.25) is 9.36 Å². The van der Waals surface area contributed by atoms with Crippen molar-refractivity contribution in [1.82, 2.24) is 9.55 Å². The molecule has 0 aliphatic carbocycles. The molecule has 24 heavy (non-hydrogen) atoms. The third kappa shape index (κ3) is 3.26. The first kappa shape index (κ1) is 16.4. The Balaban J connectivity index is 1.79. The molecular weight excluding hydrogens is 334 g/mol. The van der Waals surface area contributed by atoms with E-state index >= 15 is 0 Å². The van der Waals surface area contributed by atoms with E-state index in [9.17, 15) is 13.6 Å². The van der Waals surface area contributed by atoms with Crippen molar-refractivity contribution in [3.63, 3.8) is 0 Å². The molecule has 7 heteroatoms. The Morgan fingerprint density at radius 3 is 2.58 bits per heavy atom. The number of thioether (sulfide) groups is 1. The molecule has 1 aromatic heterocycles. The number of Topliss-reactive ketones (excluding diaryl/α,β-unsaturated/α-hetero) is 1. The summed E-state index contributed by atoms with van der Waals surface area (Å²) in [7, 11) is 1.54. The number of carbonyl (C=O) groups is 1. The van der Waals surface area contributed by atoms with Gasteiger partial charge in [-0.1, -0.05) is 23.9 Å². The van der Waals surface area contributed by atoms with Crippen molar-refractivity contribution in [2.24, 2.45) is 0 Å². The lowest BCUT2D eigenvalue weighted by molar-refractivity contribution is 0.0656. The second-order valence-electron chi connectivity index (χ2n) is 4.97. The molecule has 0 N–H and O–H groups in total. The van der Waals surface area contributed by atoms with Crippen LogP contribution in [-0.4, -0.2) is 28.2 Å². The van der Waals surface area contributed by atoms with Crippen molar-refractivity contribution >= 4 is 28.6 Å². The second-order valence-corrected chi connectivity index (χ2v) is 5.91. The maximum Gasteiger partial charge on any atom is 0.321 e. The van der Waals surface area contributed by atoms with Crippen LogP contribution < -0.4 is 4.74 Å². The molecule has 4 nitrogen and oxygen atoms in total. The van der Waals surface area contributed by atoms with Gasteiger partial charge in [0.05, 0.1) is 23.9 Å². The van der Waals surface area contributed by atoms with Gasteiger partial charge in [0.15, 0.2) is 10.9 Å². The average Bonchev–Trinajstić information content (AvgIpc) is 2.98. The quantitative estimate of drug-likeness (QED) is 0.489. The number of ketones is 1. The van der Waals surface area contributed by atoms with Gasteiger partial charge in [-0.25, -0.2) is 4.98 Å². The van der Waals surface area contributed by atoms with Crippen LogP contribution in [0.1, 0.15) is 16.9 Å². The van der Waals surface area contributed by atoms with Crippen molar-refractivity contribution in [1.29, 1.82) is 0 Å². The van der Waals surface area contributed by atoms with E-state index in [2.05, 4.69) is 4.98 Å². The third-order valence-electron chi connectivity index (χ3n) is 3.50.